The van der Waals surface area contributed by atoms with Crippen LogP contribution >= 0.6 is 11.8 Å². The van der Waals surface area contributed by atoms with E-state index in [2.05, 4.69) is 10.2 Å². The predicted octanol–water partition coefficient (Wildman–Crippen LogP) is 2.51. The second-order valence-electron chi connectivity index (χ2n) is 5.08. The van der Waals surface area contributed by atoms with Gasteiger partial charge < -0.3 is 9.67 Å². The van der Waals surface area contributed by atoms with Crippen LogP contribution in [-0.4, -0.2) is 37.9 Å². The van der Waals surface area contributed by atoms with Crippen LogP contribution in [0.15, 0.2) is 5.16 Å². The molecule has 2 saturated carbocycles. The van der Waals surface area contributed by atoms with Crippen molar-refractivity contribution in [1.82, 2.24) is 14.8 Å². The summed E-state index contributed by atoms with van der Waals surface area (Å²) in [7, 11) is 0. The Balaban J connectivity index is 1.70. The van der Waals surface area contributed by atoms with Gasteiger partial charge in [0.1, 0.15) is 5.82 Å². The summed E-state index contributed by atoms with van der Waals surface area (Å²) in [5.41, 5.74) is 0. The molecule has 1 atom stereocenters. The molecule has 1 aromatic rings. The van der Waals surface area contributed by atoms with Gasteiger partial charge in [0.15, 0.2) is 11.3 Å². The van der Waals surface area contributed by atoms with Crippen LogP contribution in [0.1, 0.15) is 43.5 Å². The first-order chi connectivity index (χ1) is 8.97. The van der Waals surface area contributed by atoms with E-state index in [9.17, 15) is 13.2 Å². The van der Waals surface area contributed by atoms with Gasteiger partial charge in [0.2, 0.25) is 0 Å². The van der Waals surface area contributed by atoms with Crippen molar-refractivity contribution in [3.05, 3.63) is 5.82 Å². The molecule has 19 heavy (non-hydrogen) atoms. The first kappa shape index (κ1) is 13.2. The molecule has 2 aliphatic rings. The van der Waals surface area contributed by atoms with Crippen molar-refractivity contribution in [2.45, 2.75) is 55.1 Å². The van der Waals surface area contributed by atoms with E-state index in [4.69, 9.17) is 5.11 Å². The lowest BCUT2D eigenvalue weighted by molar-refractivity contribution is -0.195. The Labute approximate surface area is 112 Å². The van der Waals surface area contributed by atoms with Crippen LogP contribution < -0.4 is 0 Å². The summed E-state index contributed by atoms with van der Waals surface area (Å²) in [6.45, 7) is 0. The Bertz CT molecular complexity index is 468. The van der Waals surface area contributed by atoms with E-state index in [1.54, 1.807) is 0 Å². The molecule has 0 aromatic carbocycles. The normalized spacial score (nSPS) is 21.7. The van der Waals surface area contributed by atoms with Crippen LogP contribution in [0.2, 0.25) is 0 Å². The van der Waals surface area contributed by atoms with E-state index in [0.29, 0.717) is 17.1 Å². The zero-order chi connectivity index (χ0) is 13.6. The Morgan fingerprint density at radius 3 is 2.47 bits per heavy atom. The van der Waals surface area contributed by atoms with Crippen LogP contribution in [0.4, 0.5) is 13.2 Å². The lowest BCUT2D eigenvalue weighted by Crippen LogP contribution is -2.30. The third kappa shape index (κ3) is 2.89. The van der Waals surface area contributed by atoms with E-state index in [1.165, 1.54) is 0 Å². The number of aliphatic hydroxyl groups excluding tert-OH is 1. The summed E-state index contributed by atoms with van der Waals surface area (Å²) in [6, 6.07) is 0.344. The summed E-state index contributed by atoms with van der Waals surface area (Å²) in [6.07, 6.45) is -2.65. The van der Waals surface area contributed by atoms with Gasteiger partial charge in [-0.25, -0.2) is 0 Å². The fourth-order valence-electron chi connectivity index (χ4n) is 1.93. The molecular formula is C11H14F3N3OS. The molecule has 1 aromatic heterocycles. The van der Waals surface area contributed by atoms with Gasteiger partial charge in [0.25, 0.3) is 0 Å². The minimum absolute atomic E-state index is 0.344. The molecule has 1 N–H and O–H groups in total. The fourth-order valence-corrected chi connectivity index (χ4v) is 2.91. The Hall–Kier alpha value is -0.760. The van der Waals surface area contributed by atoms with E-state index >= 15 is 0 Å². The van der Waals surface area contributed by atoms with Gasteiger partial charge in [-0.3, -0.25) is 0 Å². The highest BCUT2D eigenvalue weighted by Crippen LogP contribution is 2.46. The van der Waals surface area contributed by atoms with Crippen molar-refractivity contribution in [3.8, 4) is 0 Å². The second-order valence-corrected chi connectivity index (χ2v) is 6.07. The van der Waals surface area contributed by atoms with E-state index in [0.717, 1.165) is 43.3 Å². The number of nitrogens with zero attached hydrogens (tertiary/aromatic N) is 3. The van der Waals surface area contributed by atoms with Crippen molar-refractivity contribution in [1.29, 1.82) is 0 Å². The van der Waals surface area contributed by atoms with Gasteiger partial charge in [0, 0.05) is 17.7 Å². The molecule has 1 heterocycles. The molecule has 0 saturated heterocycles. The zero-order valence-corrected chi connectivity index (χ0v) is 10.9. The molecule has 0 aliphatic heterocycles. The average molecular weight is 293 g/mol. The largest absolute Gasteiger partial charge is 0.415 e. The summed E-state index contributed by atoms with van der Waals surface area (Å²) >= 11 is 0.936. The number of rotatable bonds is 5. The Kier molecular flexibility index (Phi) is 3.24. The first-order valence-electron chi connectivity index (χ1n) is 6.29. The van der Waals surface area contributed by atoms with E-state index < -0.39 is 18.0 Å². The summed E-state index contributed by atoms with van der Waals surface area (Å²) in [5, 5.41) is 17.6. The third-order valence-corrected chi connectivity index (χ3v) is 4.31. The quantitative estimate of drug-likeness (QED) is 0.848. The SMILES string of the molecule is OC(CSc1nnc(C2CC2)n1C1CC1)C(F)(F)F. The maximum atomic E-state index is 12.3. The van der Waals surface area contributed by atoms with Crippen LogP contribution in [0.3, 0.4) is 0 Å². The number of thioether (sulfide) groups is 1. The Morgan fingerprint density at radius 2 is 1.95 bits per heavy atom. The molecule has 4 nitrogen and oxygen atoms in total. The minimum Gasteiger partial charge on any atom is -0.383 e. The van der Waals surface area contributed by atoms with Gasteiger partial charge in [-0.15, -0.1) is 10.2 Å². The Morgan fingerprint density at radius 1 is 1.26 bits per heavy atom. The fraction of sp³-hybridized carbons (Fsp3) is 0.818. The molecule has 0 spiro atoms. The van der Waals surface area contributed by atoms with Crippen molar-refractivity contribution < 1.29 is 18.3 Å². The van der Waals surface area contributed by atoms with Crippen molar-refractivity contribution >= 4 is 11.8 Å². The molecule has 8 heteroatoms. The number of alkyl halides is 3. The van der Waals surface area contributed by atoms with Gasteiger partial charge in [0.05, 0.1) is 0 Å². The molecule has 0 amide bonds. The smallest absolute Gasteiger partial charge is 0.383 e. The lowest BCUT2D eigenvalue weighted by Gasteiger charge is -2.14. The number of aromatic nitrogens is 3. The van der Waals surface area contributed by atoms with Crippen molar-refractivity contribution in [2.75, 3.05) is 5.75 Å². The van der Waals surface area contributed by atoms with Gasteiger partial charge in [-0.1, -0.05) is 11.8 Å². The molecule has 1 unspecified atom stereocenters. The molecular weight excluding hydrogens is 279 g/mol. The number of halogens is 3. The summed E-state index contributed by atoms with van der Waals surface area (Å²) < 4.78 is 38.8. The third-order valence-electron chi connectivity index (χ3n) is 3.29. The molecule has 106 valence electrons. The van der Waals surface area contributed by atoms with Crippen LogP contribution in [-0.2, 0) is 0 Å². The summed E-state index contributed by atoms with van der Waals surface area (Å²) in [5.74, 6) is 0.903. The maximum absolute atomic E-state index is 12.3. The minimum atomic E-state index is -4.57. The second kappa shape index (κ2) is 4.66. The topological polar surface area (TPSA) is 50.9 Å². The van der Waals surface area contributed by atoms with E-state index in [1.807, 2.05) is 4.57 Å². The molecule has 0 bridgehead atoms. The number of hydrogen-bond donors (Lipinski definition) is 1. The first-order valence-corrected chi connectivity index (χ1v) is 7.27. The van der Waals surface area contributed by atoms with Crippen LogP contribution in [0.25, 0.3) is 0 Å². The summed E-state index contributed by atoms with van der Waals surface area (Å²) in [4.78, 5) is 0. The molecule has 0 radical (unpaired) electrons. The number of aliphatic hydroxyl groups is 1. The van der Waals surface area contributed by atoms with Crippen LogP contribution in [0.5, 0.6) is 0 Å². The average Bonchev–Trinajstić information content (AvgIpc) is 3.23. The van der Waals surface area contributed by atoms with E-state index in [-0.39, 0.29) is 0 Å². The molecule has 3 rings (SSSR count). The van der Waals surface area contributed by atoms with Gasteiger partial charge >= 0.3 is 6.18 Å². The van der Waals surface area contributed by atoms with Crippen molar-refractivity contribution in [2.24, 2.45) is 0 Å². The maximum Gasteiger partial charge on any atom is 0.415 e. The zero-order valence-electron chi connectivity index (χ0n) is 10.1. The van der Waals surface area contributed by atoms with Crippen LogP contribution in [0, 0.1) is 0 Å². The molecule has 2 aliphatic carbocycles. The predicted molar refractivity (Wildman–Crippen MR) is 63.1 cm³/mol. The number of hydrogen-bond acceptors (Lipinski definition) is 4. The standard InChI is InChI=1S/C11H14F3N3OS/c12-11(13,14)8(18)5-19-10-16-15-9(6-1-2-6)17(10)7-3-4-7/h6-8,18H,1-5H2. The highest BCUT2D eigenvalue weighted by atomic mass is 32.2. The molecule has 2 fully saturated rings. The van der Waals surface area contributed by atoms with Gasteiger partial charge in [-0.05, 0) is 25.7 Å². The lowest BCUT2D eigenvalue weighted by atomic mass is 10.4. The highest BCUT2D eigenvalue weighted by molar-refractivity contribution is 7.99. The van der Waals surface area contributed by atoms with Crippen molar-refractivity contribution in [3.63, 3.8) is 0 Å². The van der Waals surface area contributed by atoms with Gasteiger partial charge in [-0.2, -0.15) is 13.2 Å². The highest BCUT2D eigenvalue weighted by Gasteiger charge is 2.40. The monoisotopic (exact) mass is 293 g/mol.